The van der Waals surface area contributed by atoms with E-state index >= 15 is 0 Å². The Morgan fingerprint density at radius 1 is 0.947 bits per heavy atom. The van der Waals surface area contributed by atoms with Gasteiger partial charge < -0.3 is 29.9 Å². The largest absolute Gasteiger partial charge is 0.389 e. The van der Waals surface area contributed by atoms with E-state index in [-0.39, 0.29) is 24.4 Å². The Labute approximate surface area is 227 Å². The van der Waals surface area contributed by atoms with Gasteiger partial charge in [0.05, 0.1) is 35.6 Å². The SMILES string of the molecule is C=C1C(OC2CC3(C(C)C)CCC2(C)OO3)CC(O)(C(C)C)CC1OC1CC(C(C)(C)O)=CC(O)C1(C)O. The number of fused-ring (bicyclic) bond motifs is 3. The second-order valence-electron chi connectivity index (χ2n) is 14.0. The van der Waals surface area contributed by atoms with E-state index in [4.69, 9.17) is 19.2 Å². The lowest BCUT2D eigenvalue weighted by molar-refractivity contribution is -0.492. The van der Waals surface area contributed by atoms with Crippen molar-refractivity contribution in [3.63, 3.8) is 0 Å². The Morgan fingerprint density at radius 3 is 2.00 bits per heavy atom. The van der Waals surface area contributed by atoms with Crippen LogP contribution < -0.4 is 0 Å². The van der Waals surface area contributed by atoms with Gasteiger partial charge in [0.1, 0.15) is 22.9 Å². The Bertz CT molecular complexity index is 923. The zero-order valence-electron chi connectivity index (χ0n) is 24.5. The summed E-state index contributed by atoms with van der Waals surface area (Å²) in [5.74, 6) is 0.187. The Hall–Kier alpha value is -0.840. The summed E-state index contributed by atoms with van der Waals surface area (Å²) in [7, 11) is 0. The highest BCUT2D eigenvalue weighted by atomic mass is 17.2. The first-order valence-electron chi connectivity index (χ1n) is 14.3. The quantitative estimate of drug-likeness (QED) is 0.286. The van der Waals surface area contributed by atoms with E-state index < -0.39 is 52.4 Å². The van der Waals surface area contributed by atoms with Gasteiger partial charge >= 0.3 is 0 Å². The molecule has 3 aliphatic carbocycles. The molecule has 2 saturated heterocycles. The maximum Gasteiger partial charge on any atom is 0.127 e. The molecule has 5 rings (SSSR count). The summed E-state index contributed by atoms with van der Waals surface area (Å²) in [5.41, 5.74) is -3.53. The number of hydrogen-bond acceptors (Lipinski definition) is 8. The van der Waals surface area contributed by atoms with Gasteiger partial charge in [0, 0.05) is 25.7 Å². The second kappa shape index (κ2) is 9.91. The highest BCUT2D eigenvalue weighted by molar-refractivity contribution is 5.26. The van der Waals surface area contributed by atoms with E-state index in [2.05, 4.69) is 20.4 Å². The van der Waals surface area contributed by atoms with Crippen LogP contribution in [-0.2, 0) is 19.2 Å². The molecule has 0 aromatic carbocycles. The summed E-state index contributed by atoms with van der Waals surface area (Å²) in [6.45, 7) is 19.4. The maximum absolute atomic E-state index is 11.7. The summed E-state index contributed by atoms with van der Waals surface area (Å²) in [6.07, 6.45) is 1.48. The molecule has 9 unspecified atom stereocenters. The summed E-state index contributed by atoms with van der Waals surface area (Å²) in [4.78, 5) is 11.8. The fourth-order valence-electron chi connectivity index (χ4n) is 6.41. The third kappa shape index (κ3) is 5.28. The van der Waals surface area contributed by atoms with E-state index in [0.29, 0.717) is 30.4 Å². The first-order valence-corrected chi connectivity index (χ1v) is 14.3. The molecule has 8 heteroatoms. The molecule has 0 aromatic rings. The minimum Gasteiger partial charge on any atom is -0.389 e. The van der Waals surface area contributed by atoms with Crippen LogP contribution in [0.2, 0.25) is 0 Å². The van der Waals surface area contributed by atoms with Crippen LogP contribution in [0.3, 0.4) is 0 Å². The normalized spacial score (nSPS) is 46.1. The fraction of sp³-hybridized carbons (Fsp3) is 0.867. The minimum absolute atomic E-state index is 0.0722. The second-order valence-corrected chi connectivity index (χ2v) is 14.0. The van der Waals surface area contributed by atoms with E-state index in [1.807, 2.05) is 20.8 Å². The highest BCUT2D eigenvalue weighted by Crippen LogP contribution is 2.52. The van der Waals surface area contributed by atoms with Gasteiger partial charge in [-0.25, -0.2) is 9.78 Å². The van der Waals surface area contributed by atoms with Gasteiger partial charge in [-0.05, 0) is 63.5 Å². The van der Waals surface area contributed by atoms with E-state index in [0.717, 1.165) is 12.8 Å². The number of rotatable bonds is 7. The molecular formula is C30H50O8. The van der Waals surface area contributed by atoms with Gasteiger partial charge in [0.15, 0.2) is 0 Å². The fourth-order valence-corrected chi connectivity index (χ4v) is 6.41. The van der Waals surface area contributed by atoms with Crippen molar-refractivity contribution in [1.29, 1.82) is 0 Å². The molecule has 0 aromatic heterocycles. The summed E-state index contributed by atoms with van der Waals surface area (Å²) < 4.78 is 13.3. The van der Waals surface area contributed by atoms with Gasteiger partial charge in [-0.1, -0.05) is 40.3 Å². The van der Waals surface area contributed by atoms with E-state index in [1.165, 1.54) is 13.0 Å². The Kier molecular flexibility index (Phi) is 7.86. The van der Waals surface area contributed by atoms with Gasteiger partial charge in [0.25, 0.3) is 0 Å². The molecule has 218 valence electrons. The molecule has 2 heterocycles. The summed E-state index contributed by atoms with van der Waals surface area (Å²) in [6, 6.07) is 0. The number of aliphatic hydroxyl groups is 4. The lowest BCUT2D eigenvalue weighted by Crippen LogP contribution is -2.64. The molecule has 0 radical (unpaired) electrons. The molecule has 0 amide bonds. The molecule has 0 spiro atoms. The van der Waals surface area contributed by atoms with Crippen LogP contribution >= 0.6 is 0 Å². The van der Waals surface area contributed by atoms with Crippen molar-refractivity contribution < 1.29 is 39.7 Å². The van der Waals surface area contributed by atoms with Crippen LogP contribution in [0.1, 0.15) is 93.9 Å². The molecule has 9 atom stereocenters. The Balaban J connectivity index is 1.59. The first kappa shape index (κ1) is 30.1. The average Bonchev–Trinajstić information content (AvgIpc) is 2.80. The van der Waals surface area contributed by atoms with Crippen molar-refractivity contribution in [3.8, 4) is 0 Å². The van der Waals surface area contributed by atoms with Crippen LogP contribution in [0.5, 0.6) is 0 Å². The third-order valence-electron chi connectivity index (χ3n) is 10.1. The van der Waals surface area contributed by atoms with Crippen molar-refractivity contribution in [2.24, 2.45) is 11.8 Å². The van der Waals surface area contributed by atoms with Gasteiger partial charge in [-0.15, -0.1) is 0 Å². The molecule has 5 aliphatic rings. The van der Waals surface area contributed by atoms with E-state index in [1.54, 1.807) is 13.8 Å². The van der Waals surface area contributed by atoms with Crippen LogP contribution in [0, 0.1) is 11.8 Å². The van der Waals surface area contributed by atoms with Crippen molar-refractivity contribution in [2.45, 2.75) is 152 Å². The molecule has 8 nitrogen and oxygen atoms in total. The van der Waals surface area contributed by atoms with Crippen LogP contribution in [0.4, 0.5) is 0 Å². The number of hydrogen-bond donors (Lipinski definition) is 4. The smallest absolute Gasteiger partial charge is 0.127 e. The van der Waals surface area contributed by atoms with Crippen LogP contribution in [0.25, 0.3) is 0 Å². The van der Waals surface area contributed by atoms with Crippen molar-refractivity contribution in [1.82, 2.24) is 0 Å². The minimum atomic E-state index is -1.58. The summed E-state index contributed by atoms with van der Waals surface area (Å²) in [5, 5.41) is 44.3. The van der Waals surface area contributed by atoms with Crippen molar-refractivity contribution >= 4 is 0 Å². The zero-order chi connectivity index (χ0) is 28.5. The van der Waals surface area contributed by atoms with Crippen molar-refractivity contribution in [3.05, 3.63) is 23.8 Å². The lowest BCUT2D eigenvalue weighted by atomic mass is 9.68. The molecule has 2 bridgehead atoms. The highest BCUT2D eigenvalue weighted by Gasteiger charge is 2.59. The number of ether oxygens (including phenoxy) is 2. The van der Waals surface area contributed by atoms with Crippen molar-refractivity contribution in [2.75, 3.05) is 0 Å². The predicted molar refractivity (Wildman–Crippen MR) is 143 cm³/mol. The zero-order valence-corrected chi connectivity index (χ0v) is 24.5. The van der Waals surface area contributed by atoms with Crippen LogP contribution in [-0.4, -0.2) is 79.0 Å². The van der Waals surface area contributed by atoms with Gasteiger partial charge in [0.2, 0.25) is 0 Å². The monoisotopic (exact) mass is 538 g/mol. The molecule has 38 heavy (non-hydrogen) atoms. The molecule has 4 fully saturated rings. The Morgan fingerprint density at radius 2 is 1.53 bits per heavy atom. The van der Waals surface area contributed by atoms with Gasteiger partial charge in [-0.3, -0.25) is 0 Å². The molecule has 4 N–H and O–H groups in total. The van der Waals surface area contributed by atoms with Gasteiger partial charge in [-0.2, -0.15) is 0 Å². The maximum atomic E-state index is 11.7. The lowest BCUT2D eigenvalue weighted by Gasteiger charge is -2.57. The topological polar surface area (TPSA) is 118 Å². The average molecular weight is 539 g/mol. The van der Waals surface area contributed by atoms with Crippen LogP contribution in [0.15, 0.2) is 23.8 Å². The molecule has 2 saturated carbocycles. The van der Waals surface area contributed by atoms with E-state index in [9.17, 15) is 20.4 Å². The standard InChI is InChI=1S/C30H50O8/c1-17(2)29(34)14-21(35-24-13-20(26(6,7)32)12-23(31)28(24,9)33)19(5)22(15-29)36-25-16-30(18(3)4)11-10-27(25,8)37-38-30/h12,17-18,21-25,31-34H,5,10-11,13-16H2,1-4,6-9H3. The summed E-state index contributed by atoms with van der Waals surface area (Å²) >= 11 is 0. The predicted octanol–water partition coefficient (Wildman–Crippen LogP) is 3.74. The third-order valence-corrected chi connectivity index (χ3v) is 10.1. The first-order chi connectivity index (χ1) is 17.3. The molecular weight excluding hydrogens is 488 g/mol. The molecule has 2 aliphatic heterocycles. The number of aliphatic hydroxyl groups excluding tert-OH is 1.